The fourth-order valence-corrected chi connectivity index (χ4v) is 2.12. The zero-order chi connectivity index (χ0) is 13.0. The predicted octanol–water partition coefficient (Wildman–Crippen LogP) is 3.45. The van der Waals surface area contributed by atoms with Gasteiger partial charge < -0.3 is 14.0 Å². The molecule has 2 aromatic rings. The van der Waals surface area contributed by atoms with E-state index in [1.807, 2.05) is 30.6 Å². The Hall–Kier alpha value is -1.90. The average Bonchev–Trinajstić information content (AvgIpc) is 2.92. The summed E-state index contributed by atoms with van der Waals surface area (Å²) in [5.41, 5.74) is 2.42. The van der Waals surface area contributed by atoms with E-state index >= 15 is 0 Å². The normalized spacial score (nSPS) is 10.4. The second-order valence-electron chi connectivity index (χ2n) is 4.18. The summed E-state index contributed by atoms with van der Waals surface area (Å²) >= 11 is 0. The number of ether oxygens (including phenoxy) is 2. The molecule has 0 atom stereocenters. The van der Waals surface area contributed by atoms with E-state index in [1.54, 1.807) is 14.2 Å². The summed E-state index contributed by atoms with van der Waals surface area (Å²) in [7, 11) is 3.33. The number of aromatic nitrogens is 1. The van der Waals surface area contributed by atoms with Crippen LogP contribution in [0.25, 0.3) is 5.69 Å². The van der Waals surface area contributed by atoms with Crippen LogP contribution in [0.1, 0.15) is 18.9 Å². The highest BCUT2D eigenvalue weighted by atomic mass is 16.5. The highest BCUT2D eigenvalue weighted by Gasteiger charge is 2.11. The predicted molar refractivity (Wildman–Crippen MR) is 72.9 cm³/mol. The second-order valence-corrected chi connectivity index (χ2v) is 4.18. The molecule has 1 aromatic heterocycles. The van der Waals surface area contributed by atoms with Crippen LogP contribution >= 0.6 is 0 Å². The summed E-state index contributed by atoms with van der Waals surface area (Å²) in [6.07, 6.45) is 6.21. The largest absolute Gasteiger partial charge is 0.493 e. The van der Waals surface area contributed by atoms with Gasteiger partial charge >= 0.3 is 0 Å². The highest BCUT2D eigenvalue weighted by Crippen LogP contribution is 2.33. The maximum absolute atomic E-state index is 5.37. The highest BCUT2D eigenvalue weighted by molar-refractivity contribution is 5.54. The molecule has 1 heterocycles. The third kappa shape index (κ3) is 2.35. The van der Waals surface area contributed by atoms with Gasteiger partial charge in [0, 0.05) is 18.5 Å². The Morgan fingerprint density at radius 1 is 1.00 bits per heavy atom. The molecule has 18 heavy (non-hydrogen) atoms. The van der Waals surface area contributed by atoms with Gasteiger partial charge in [-0.05, 0) is 30.2 Å². The number of aryl methyl sites for hydroxylation is 1. The van der Waals surface area contributed by atoms with Crippen molar-refractivity contribution in [3.05, 3.63) is 42.2 Å². The van der Waals surface area contributed by atoms with E-state index in [4.69, 9.17) is 9.47 Å². The van der Waals surface area contributed by atoms with E-state index in [2.05, 4.69) is 17.6 Å². The fraction of sp³-hybridized carbons (Fsp3) is 0.333. The quantitative estimate of drug-likeness (QED) is 0.805. The molecular weight excluding hydrogens is 226 g/mol. The number of rotatable bonds is 5. The molecular formula is C15H19NO2. The van der Waals surface area contributed by atoms with E-state index in [0.29, 0.717) is 0 Å². The van der Waals surface area contributed by atoms with Gasteiger partial charge in [-0.2, -0.15) is 0 Å². The smallest absolute Gasteiger partial charge is 0.162 e. The lowest BCUT2D eigenvalue weighted by atomic mass is 10.1. The average molecular weight is 245 g/mol. The van der Waals surface area contributed by atoms with Crippen LogP contribution in [0, 0.1) is 0 Å². The van der Waals surface area contributed by atoms with Crippen LogP contribution in [0.2, 0.25) is 0 Å². The Kier molecular flexibility index (Phi) is 3.92. The number of methoxy groups -OCH3 is 2. The zero-order valence-electron chi connectivity index (χ0n) is 11.1. The molecule has 2 rings (SSSR count). The minimum absolute atomic E-state index is 0.765. The molecule has 0 saturated carbocycles. The first-order valence-electron chi connectivity index (χ1n) is 6.18. The van der Waals surface area contributed by atoms with E-state index < -0.39 is 0 Å². The van der Waals surface area contributed by atoms with Crippen LogP contribution in [-0.4, -0.2) is 18.8 Å². The molecule has 0 aliphatic carbocycles. The maximum Gasteiger partial charge on any atom is 0.162 e. The van der Waals surface area contributed by atoms with Gasteiger partial charge in [0.1, 0.15) is 0 Å². The minimum atomic E-state index is 0.765. The summed E-state index contributed by atoms with van der Waals surface area (Å²) in [5, 5.41) is 0. The summed E-state index contributed by atoms with van der Waals surface area (Å²) in [6, 6.07) is 8.14. The number of hydrogen-bond acceptors (Lipinski definition) is 2. The molecule has 0 amide bonds. The van der Waals surface area contributed by atoms with E-state index in [0.717, 1.165) is 30.0 Å². The molecule has 96 valence electrons. The monoisotopic (exact) mass is 245 g/mol. The Morgan fingerprint density at radius 3 is 2.17 bits per heavy atom. The topological polar surface area (TPSA) is 23.4 Å². The molecule has 3 heteroatoms. The fourth-order valence-electron chi connectivity index (χ4n) is 2.12. The van der Waals surface area contributed by atoms with Crippen molar-refractivity contribution < 1.29 is 9.47 Å². The second kappa shape index (κ2) is 5.63. The van der Waals surface area contributed by atoms with Crippen LogP contribution in [0.3, 0.4) is 0 Å². The lowest BCUT2D eigenvalue weighted by Crippen LogP contribution is -2.00. The first-order valence-corrected chi connectivity index (χ1v) is 6.18. The lowest BCUT2D eigenvalue weighted by molar-refractivity contribution is 0.354. The van der Waals surface area contributed by atoms with Crippen LogP contribution in [-0.2, 0) is 6.42 Å². The molecule has 0 radical (unpaired) electrons. The number of nitrogens with zero attached hydrogens (tertiary/aromatic N) is 1. The van der Waals surface area contributed by atoms with Crippen LogP contribution < -0.4 is 9.47 Å². The first kappa shape index (κ1) is 12.6. The van der Waals surface area contributed by atoms with E-state index in [1.165, 1.54) is 5.56 Å². The maximum atomic E-state index is 5.37. The van der Waals surface area contributed by atoms with Crippen molar-refractivity contribution in [2.45, 2.75) is 19.8 Å². The molecule has 0 saturated heterocycles. The minimum Gasteiger partial charge on any atom is -0.493 e. The van der Waals surface area contributed by atoms with Crippen LogP contribution in [0.15, 0.2) is 36.7 Å². The van der Waals surface area contributed by atoms with Gasteiger partial charge in [0.2, 0.25) is 0 Å². The summed E-state index contributed by atoms with van der Waals surface area (Å²) in [4.78, 5) is 0. The van der Waals surface area contributed by atoms with Gasteiger partial charge in [0.25, 0.3) is 0 Å². The molecule has 0 N–H and O–H groups in total. The van der Waals surface area contributed by atoms with Crippen molar-refractivity contribution in [2.24, 2.45) is 0 Å². The molecule has 0 spiro atoms. The van der Waals surface area contributed by atoms with Gasteiger partial charge in [-0.3, -0.25) is 0 Å². The Bertz CT molecular complexity index is 503. The molecule has 0 fully saturated rings. The van der Waals surface area contributed by atoms with Gasteiger partial charge in [-0.15, -0.1) is 0 Å². The van der Waals surface area contributed by atoms with Crippen LogP contribution in [0.5, 0.6) is 11.5 Å². The standard InChI is InChI=1S/C15H19NO2/c1-4-7-12-10-14(17-2)15(18-3)11-13(12)16-8-5-6-9-16/h5-6,8-11H,4,7H2,1-3H3. The lowest BCUT2D eigenvalue weighted by Gasteiger charge is -2.15. The Balaban J connectivity index is 2.55. The van der Waals surface area contributed by atoms with Gasteiger partial charge in [0.05, 0.1) is 19.9 Å². The first-order chi connectivity index (χ1) is 8.80. The van der Waals surface area contributed by atoms with Crippen LogP contribution in [0.4, 0.5) is 0 Å². The summed E-state index contributed by atoms with van der Waals surface area (Å²) in [5.74, 6) is 1.55. The molecule has 0 unspecified atom stereocenters. The van der Waals surface area contributed by atoms with Crippen molar-refractivity contribution >= 4 is 0 Å². The van der Waals surface area contributed by atoms with E-state index in [-0.39, 0.29) is 0 Å². The molecule has 0 aliphatic heterocycles. The molecule has 0 bridgehead atoms. The third-order valence-electron chi connectivity index (χ3n) is 2.99. The SMILES string of the molecule is CCCc1cc(OC)c(OC)cc1-n1cccc1. The van der Waals surface area contributed by atoms with Crippen molar-refractivity contribution in [1.29, 1.82) is 0 Å². The summed E-state index contributed by atoms with van der Waals surface area (Å²) in [6.45, 7) is 2.18. The molecule has 3 nitrogen and oxygen atoms in total. The Morgan fingerprint density at radius 2 is 1.61 bits per heavy atom. The summed E-state index contributed by atoms with van der Waals surface area (Å²) < 4.78 is 12.8. The van der Waals surface area contributed by atoms with Crippen molar-refractivity contribution in [1.82, 2.24) is 4.57 Å². The number of hydrogen-bond donors (Lipinski definition) is 0. The van der Waals surface area contributed by atoms with Gasteiger partial charge in [0.15, 0.2) is 11.5 Å². The zero-order valence-corrected chi connectivity index (χ0v) is 11.1. The number of benzene rings is 1. The molecule has 0 aliphatic rings. The molecule has 1 aromatic carbocycles. The van der Waals surface area contributed by atoms with Crippen molar-refractivity contribution in [3.8, 4) is 17.2 Å². The van der Waals surface area contributed by atoms with Gasteiger partial charge in [-0.1, -0.05) is 13.3 Å². The van der Waals surface area contributed by atoms with Gasteiger partial charge in [-0.25, -0.2) is 0 Å². The van der Waals surface area contributed by atoms with Crippen molar-refractivity contribution in [3.63, 3.8) is 0 Å². The van der Waals surface area contributed by atoms with Crippen molar-refractivity contribution in [2.75, 3.05) is 14.2 Å². The third-order valence-corrected chi connectivity index (χ3v) is 2.99. The van der Waals surface area contributed by atoms with E-state index in [9.17, 15) is 0 Å². The Labute approximate surface area is 108 Å².